The Bertz CT molecular complexity index is 1010. The van der Waals surface area contributed by atoms with E-state index in [-0.39, 0.29) is 27.9 Å². The minimum absolute atomic E-state index is 0.00844. The number of para-hydroxylation sites is 1. The van der Waals surface area contributed by atoms with E-state index < -0.39 is 5.97 Å². The Labute approximate surface area is 151 Å². The summed E-state index contributed by atoms with van der Waals surface area (Å²) >= 11 is 1.06. The molecule has 3 aromatic rings. The fourth-order valence-electron chi connectivity index (χ4n) is 2.09. The van der Waals surface area contributed by atoms with Crippen LogP contribution in [0, 0.1) is 11.3 Å². The summed E-state index contributed by atoms with van der Waals surface area (Å²) in [6.07, 6.45) is 1.32. The van der Waals surface area contributed by atoms with Gasteiger partial charge in [0, 0.05) is 6.20 Å². The third-order valence-corrected chi connectivity index (χ3v) is 4.23. The number of nitriles is 1. The van der Waals surface area contributed by atoms with Crippen molar-refractivity contribution in [3.05, 3.63) is 59.4 Å². The number of carbonyl (C=O) groups excluding carboxylic acids is 1. The Hall–Kier alpha value is -3.58. The van der Waals surface area contributed by atoms with Gasteiger partial charge in [0.2, 0.25) is 5.16 Å². The Kier molecular flexibility index (Phi) is 5.00. The maximum absolute atomic E-state index is 12.2. The molecule has 10 heteroatoms. The predicted molar refractivity (Wildman–Crippen MR) is 90.1 cm³/mol. The van der Waals surface area contributed by atoms with Crippen LogP contribution in [-0.4, -0.2) is 47.8 Å². The topological polar surface area (TPSA) is 135 Å². The molecular formula is C16H10N6O3S. The molecule has 0 amide bonds. The summed E-state index contributed by atoms with van der Waals surface area (Å²) in [5.41, 5.74) is 0.933. The van der Waals surface area contributed by atoms with Crippen LogP contribution < -0.4 is 0 Å². The molecule has 0 saturated carbocycles. The first-order chi connectivity index (χ1) is 12.6. The number of hydrogen-bond donors (Lipinski definition) is 1. The molecule has 0 bridgehead atoms. The molecule has 1 aromatic carbocycles. The minimum Gasteiger partial charge on any atom is -0.478 e. The molecule has 0 spiro atoms. The van der Waals surface area contributed by atoms with E-state index in [1.54, 1.807) is 18.2 Å². The van der Waals surface area contributed by atoms with E-state index in [9.17, 15) is 14.7 Å². The van der Waals surface area contributed by atoms with Crippen molar-refractivity contribution in [3.63, 3.8) is 0 Å². The number of carboxylic acids is 1. The second kappa shape index (κ2) is 7.54. The van der Waals surface area contributed by atoms with Gasteiger partial charge in [0.25, 0.3) is 0 Å². The van der Waals surface area contributed by atoms with E-state index in [1.165, 1.54) is 29.1 Å². The number of thioether (sulfide) groups is 1. The highest BCUT2D eigenvalue weighted by molar-refractivity contribution is 7.99. The summed E-state index contributed by atoms with van der Waals surface area (Å²) in [4.78, 5) is 27.5. The standard InChI is InChI=1S/C16H10N6O3S/c17-7-10-5-6-12(18-8-10)14(23)9-26-16-19-20-21-22(16)13-4-2-1-3-11(13)15(24)25/h1-6,8H,9H2,(H,24,25). The van der Waals surface area contributed by atoms with Gasteiger partial charge in [0.05, 0.1) is 22.6 Å². The predicted octanol–water partition coefficient (Wildman–Crippen LogP) is 1.60. The highest BCUT2D eigenvalue weighted by Gasteiger charge is 2.17. The highest BCUT2D eigenvalue weighted by atomic mass is 32.2. The average Bonchev–Trinajstić information content (AvgIpc) is 3.14. The maximum Gasteiger partial charge on any atom is 0.337 e. The molecular weight excluding hydrogens is 356 g/mol. The quantitative estimate of drug-likeness (QED) is 0.509. The SMILES string of the molecule is N#Cc1ccc(C(=O)CSc2nnnn2-c2ccccc2C(=O)O)nc1. The van der Waals surface area contributed by atoms with Gasteiger partial charge in [-0.2, -0.15) is 9.94 Å². The normalized spacial score (nSPS) is 10.3. The zero-order chi connectivity index (χ0) is 18.5. The number of nitrogens with zero attached hydrogens (tertiary/aromatic N) is 6. The van der Waals surface area contributed by atoms with Gasteiger partial charge in [0.15, 0.2) is 5.78 Å². The molecule has 26 heavy (non-hydrogen) atoms. The summed E-state index contributed by atoms with van der Waals surface area (Å²) in [6, 6.07) is 11.2. The van der Waals surface area contributed by atoms with E-state index in [0.717, 1.165) is 11.8 Å². The van der Waals surface area contributed by atoms with E-state index in [4.69, 9.17) is 5.26 Å². The van der Waals surface area contributed by atoms with Crippen LogP contribution in [0.25, 0.3) is 5.69 Å². The fraction of sp³-hybridized carbons (Fsp3) is 0.0625. The molecule has 0 atom stereocenters. The van der Waals surface area contributed by atoms with Crippen LogP contribution in [0.4, 0.5) is 0 Å². The number of carboxylic acid groups (broad SMARTS) is 1. The third-order valence-electron chi connectivity index (χ3n) is 3.31. The Morgan fingerprint density at radius 2 is 2.04 bits per heavy atom. The molecule has 0 aliphatic carbocycles. The van der Waals surface area contributed by atoms with Crippen LogP contribution in [0.5, 0.6) is 0 Å². The van der Waals surface area contributed by atoms with E-state index in [0.29, 0.717) is 11.3 Å². The van der Waals surface area contributed by atoms with Crippen molar-refractivity contribution >= 4 is 23.5 Å². The van der Waals surface area contributed by atoms with E-state index in [2.05, 4.69) is 20.5 Å². The van der Waals surface area contributed by atoms with Crippen molar-refractivity contribution < 1.29 is 14.7 Å². The molecule has 0 aliphatic heterocycles. The minimum atomic E-state index is -1.11. The van der Waals surface area contributed by atoms with Gasteiger partial charge in [-0.25, -0.2) is 4.79 Å². The van der Waals surface area contributed by atoms with Crippen LogP contribution in [0.3, 0.4) is 0 Å². The van der Waals surface area contributed by atoms with Crippen molar-refractivity contribution in [2.45, 2.75) is 5.16 Å². The molecule has 128 valence electrons. The average molecular weight is 366 g/mol. The number of pyridine rings is 1. The number of benzene rings is 1. The molecule has 0 radical (unpaired) electrons. The fourth-order valence-corrected chi connectivity index (χ4v) is 2.85. The zero-order valence-corrected chi connectivity index (χ0v) is 13.9. The van der Waals surface area contributed by atoms with Crippen molar-refractivity contribution in [2.75, 3.05) is 5.75 Å². The van der Waals surface area contributed by atoms with Crippen LogP contribution in [0.15, 0.2) is 47.8 Å². The molecule has 1 N–H and O–H groups in total. The van der Waals surface area contributed by atoms with Gasteiger partial charge in [-0.05, 0) is 34.7 Å². The van der Waals surface area contributed by atoms with Crippen LogP contribution >= 0.6 is 11.8 Å². The molecule has 9 nitrogen and oxygen atoms in total. The first kappa shape index (κ1) is 17.2. The number of rotatable bonds is 6. The van der Waals surface area contributed by atoms with Crippen molar-refractivity contribution in [2.24, 2.45) is 0 Å². The van der Waals surface area contributed by atoms with Gasteiger partial charge >= 0.3 is 5.97 Å². The monoisotopic (exact) mass is 366 g/mol. The molecule has 2 aromatic heterocycles. The van der Waals surface area contributed by atoms with Crippen LogP contribution in [0.1, 0.15) is 26.4 Å². The Balaban J connectivity index is 1.79. The summed E-state index contributed by atoms with van der Waals surface area (Å²) in [5, 5.41) is 29.5. The van der Waals surface area contributed by atoms with Gasteiger partial charge in [-0.1, -0.05) is 23.9 Å². The van der Waals surface area contributed by atoms with Crippen molar-refractivity contribution in [3.8, 4) is 11.8 Å². The maximum atomic E-state index is 12.2. The van der Waals surface area contributed by atoms with Gasteiger partial charge < -0.3 is 5.11 Å². The van der Waals surface area contributed by atoms with Crippen molar-refractivity contribution in [1.82, 2.24) is 25.2 Å². The second-order valence-electron chi connectivity index (χ2n) is 4.95. The van der Waals surface area contributed by atoms with Crippen molar-refractivity contribution in [1.29, 1.82) is 5.26 Å². The largest absolute Gasteiger partial charge is 0.478 e. The molecule has 2 heterocycles. The number of hydrogen-bond acceptors (Lipinski definition) is 8. The lowest BCUT2D eigenvalue weighted by atomic mass is 10.2. The van der Waals surface area contributed by atoms with Gasteiger partial charge in [-0.3, -0.25) is 9.78 Å². The lowest BCUT2D eigenvalue weighted by molar-refractivity contribution is 0.0696. The molecule has 0 aliphatic rings. The molecule has 0 fully saturated rings. The van der Waals surface area contributed by atoms with Crippen LogP contribution in [0.2, 0.25) is 0 Å². The molecule has 0 unspecified atom stereocenters. The summed E-state index contributed by atoms with van der Waals surface area (Å²) in [6.45, 7) is 0. The first-order valence-corrected chi connectivity index (χ1v) is 8.22. The number of ketones is 1. The number of aromatic carboxylic acids is 1. The second-order valence-corrected chi connectivity index (χ2v) is 5.89. The van der Waals surface area contributed by atoms with E-state index in [1.807, 2.05) is 6.07 Å². The van der Waals surface area contributed by atoms with Crippen LogP contribution in [-0.2, 0) is 0 Å². The lowest BCUT2D eigenvalue weighted by Crippen LogP contribution is -2.09. The third kappa shape index (κ3) is 3.57. The Morgan fingerprint density at radius 3 is 2.73 bits per heavy atom. The van der Waals surface area contributed by atoms with E-state index >= 15 is 0 Å². The first-order valence-electron chi connectivity index (χ1n) is 7.23. The number of aromatic nitrogens is 5. The number of Topliss-reactive ketones (excluding diaryl/α,β-unsaturated/α-hetero) is 1. The summed E-state index contributed by atoms with van der Waals surface area (Å²) in [7, 11) is 0. The Morgan fingerprint density at radius 1 is 1.23 bits per heavy atom. The summed E-state index contributed by atoms with van der Waals surface area (Å²) in [5.74, 6) is -1.36. The van der Waals surface area contributed by atoms with Gasteiger partial charge in [-0.15, -0.1) is 5.10 Å². The molecule has 3 rings (SSSR count). The number of tetrazole rings is 1. The zero-order valence-electron chi connectivity index (χ0n) is 13.1. The lowest BCUT2D eigenvalue weighted by Gasteiger charge is -2.07. The smallest absolute Gasteiger partial charge is 0.337 e. The number of carbonyl (C=O) groups is 2. The summed E-state index contributed by atoms with van der Waals surface area (Å²) < 4.78 is 1.27. The molecule has 0 saturated heterocycles. The van der Waals surface area contributed by atoms with Gasteiger partial charge in [0.1, 0.15) is 11.8 Å². The highest BCUT2D eigenvalue weighted by Crippen LogP contribution is 2.21.